The molecule has 0 aliphatic carbocycles. The average molecular weight is 451 g/mol. The predicted octanol–water partition coefficient (Wildman–Crippen LogP) is 1.10. The molecule has 0 atom stereocenters. The normalized spacial score (nSPS) is 11.4. The highest BCUT2D eigenvalue weighted by Gasteiger charge is 2.15. The highest BCUT2D eigenvalue weighted by Crippen LogP contribution is 2.25. The molecule has 1 amide bonds. The predicted molar refractivity (Wildman–Crippen MR) is 113 cm³/mol. The number of phosphoric acid groups is 1. The zero-order chi connectivity index (χ0) is 22.7. The van der Waals surface area contributed by atoms with Gasteiger partial charge in [0, 0.05) is 30.9 Å². The summed E-state index contributed by atoms with van der Waals surface area (Å²) in [6.45, 7) is 11.7. The van der Waals surface area contributed by atoms with Crippen molar-refractivity contribution in [3.63, 3.8) is 0 Å². The van der Waals surface area contributed by atoms with Crippen molar-refractivity contribution in [2.24, 2.45) is 0 Å². The van der Waals surface area contributed by atoms with Gasteiger partial charge < -0.3 is 24.5 Å². The van der Waals surface area contributed by atoms with E-state index in [9.17, 15) is 13.2 Å². The second kappa shape index (κ2) is 12.7. The van der Waals surface area contributed by atoms with Crippen LogP contribution >= 0.6 is 7.82 Å². The molecule has 0 heterocycles. The number of rotatable bonds is 10. The molecule has 0 fully saturated rings. The largest absolute Gasteiger partial charge is 0.466 e. The summed E-state index contributed by atoms with van der Waals surface area (Å²) in [7, 11) is -7.96. The Morgan fingerprint density at radius 2 is 1.62 bits per heavy atom. The molecule has 0 bridgehead atoms. The Hall–Kier alpha value is -1.75. The van der Waals surface area contributed by atoms with E-state index >= 15 is 0 Å². The number of nitrogens with zero attached hydrogens (tertiary/aromatic N) is 2. The smallest absolute Gasteiger partial charge is 0.334 e. The average Bonchev–Trinajstić information content (AvgIpc) is 2.59. The quantitative estimate of drug-likeness (QED) is 0.305. The summed E-state index contributed by atoms with van der Waals surface area (Å²) in [5.74, 6) is -0.0899. The second-order valence-electron chi connectivity index (χ2n) is 6.03. The van der Waals surface area contributed by atoms with Crippen LogP contribution in [0.3, 0.4) is 0 Å². The molecule has 0 unspecified atom stereocenters. The van der Waals surface area contributed by atoms with E-state index in [1.54, 1.807) is 35.2 Å². The first-order valence-corrected chi connectivity index (χ1v) is 12.2. The monoisotopic (exact) mass is 451 g/mol. The summed E-state index contributed by atoms with van der Waals surface area (Å²) in [6.07, 6.45) is 2.80. The molecule has 1 aromatic rings. The molecule has 0 saturated carbocycles. The zero-order valence-corrected chi connectivity index (χ0v) is 18.6. The van der Waals surface area contributed by atoms with Gasteiger partial charge in [-0.3, -0.25) is 9.52 Å². The first kappa shape index (κ1) is 27.2. The summed E-state index contributed by atoms with van der Waals surface area (Å²) in [6, 6.07) is 6.43. The maximum atomic E-state index is 12.6. The van der Waals surface area contributed by atoms with Gasteiger partial charge in [-0.05, 0) is 37.4 Å². The summed E-state index contributed by atoms with van der Waals surface area (Å²) >= 11 is 0. The minimum absolute atomic E-state index is 0.0899. The lowest BCUT2D eigenvalue weighted by atomic mass is 10.2. The Balaban J connectivity index is 0.00000139. The first-order valence-electron chi connectivity index (χ1n) is 8.79. The van der Waals surface area contributed by atoms with Gasteiger partial charge in [0.1, 0.15) is 0 Å². The van der Waals surface area contributed by atoms with Crippen molar-refractivity contribution in [1.29, 1.82) is 0 Å². The van der Waals surface area contributed by atoms with Gasteiger partial charge in [-0.2, -0.15) is 0 Å². The van der Waals surface area contributed by atoms with Crippen LogP contribution in [-0.4, -0.2) is 77.8 Å². The Morgan fingerprint density at radius 1 is 1.14 bits per heavy atom. The molecule has 166 valence electrons. The number of benzene rings is 1. The minimum atomic E-state index is -4.64. The molecule has 0 aliphatic heterocycles. The number of hydrogen-bond acceptors (Lipinski definition) is 5. The lowest BCUT2D eigenvalue weighted by Gasteiger charge is -2.25. The number of amides is 1. The molecule has 0 aromatic heterocycles. The van der Waals surface area contributed by atoms with Crippen molar-refractivity contribution in [3.8, 4) is 0 Å². The molecular weight excluding hydrogens is 421 g/mol. The van der Waals surface area contributed by atoms with Crippen LogP contribution in [0.15, 0.2) is 36.9 Å². The second-order valence-corrected chi connectivity index (χ2v) is 8.81. The molecule has 29 heavy (non-hydrogen) atoms. The third-order valence-corrected chi connectivity index (χ3v) is 4.26. The van der Waals surface area contributed by atoms with Gasteiger partial charge in [0.05, 0.1) is 6.26 Å². The van der Waals surface area contributed by atoms with Crippen molar-refractivity contribution in [2.75, 3.05) is 43.7 Å². The van der Waals surface area contributed by atoms with Crippen LogP contribution in [0, 0.1) is 0 Å². The van der Waals surface area contributed by atoms with Crippen LogP contribution in [-0.2, 0) is 14.6 Å². The minimum Gasteiger partial charge on any atom is -0.334 e. The lowest BCUT2D eigenvalue weighted by molar-refractivity contribution is 0.0757. The van der Waals surface area contributed by atoms with Crippen molar-refractivity contribution in [2.45, 2.75) is 13.8 Å². The summed E-state index contributed by atoms with van der Waals surface area (Å²) in [4.78, 5) is 38.2. The van der Waals surface area contributed by atoms with Crippen molar-refractivity contribution >= 4 is 29.4 Å². The lowest BCUT2D eigenvalue weighted by Crippen LogP contribution is -2.38. The highest BCUT2D eigenvalue weighted by molar-refractivity contribution is 7.92. The standard InChI is InChI=1S/C17H27N3O3S.H3O4P/c1-5-12-20(14-13-19(6-2)7-3)17(21)15-8-10-16(11-9-15)18-24(4,22)23;1-5(2,3)4/h5,8-11,18H,1,6-7,12-14H2,2-4H3;(H3,1,2,3,4). The fraction of sp³-hybridized carbons (Fsp3) is 0.471. The SMILES string of the molecule is C=CCN(CCN(CC)CC)C(=O)c1ccc(NS(C)(=O)=O)cc1.O=P(O)(O)O. The van der Waals surface area contributed by atoms with Crippen molar-refractivity contribution in [1.82, 2.24) is 9.80 Å². The molecule has 1 rings (SSSR count). The van der Waals surface area contributed by atoms with Gasteiger partial charge in [-0.25, -0.2) is 13.0 Å². The number of carbonyl (C=O) groups is 1. The Labute approximate surface area is 172 Å². The fourth-order valence-corrected chi connectivity index (χ4v) is 2.88. The van der Waals surface area contributed by atoms with E-state index in [4.69, 9.17) is 19.2 Å². The number of nitrogens with one attached hydrogen (secondary N) is 1. The van der Waals surface area contributed by atoms with Gasteiger partial charge in [0.25, 0.3) is 5.91 Å². The fourth-order valence-electron chi connectivity index (χ4n) is 2.31. The Kier molecular flexibility index (Phi) is 12.0. The molecular formula is C17H30N3O7PS. The van der Waals surface area contributed by atoms with E-state index in [0.29, 0.717) is 24.3 Å². The maximum absolute atomic E-state index is 12.6. The molecule has 10 nitrogen and oxygen atoms in total. The summed E-state index contributed by atoms with van der Waals surface area (Å²) < 4.78 is 33.7. The maximum Gasteiger partial charge on any atom is 0.466 e. The van der Waals surface area contributed by atoms with Crippen LogP contribution < -0.4 is 4.72 Å². The number of likely N-dealkylation sites (N-methyl/N-ethyl adjacent to an activating group) is 1. The van der Waals surface area contributed by atoms with E-state index in [-0.39, 0.29) is 5.91 Å². The molecule has 1 aromatic carbocycles. The number of sulfonamides is 1. The summed E-state index contributed by atoms with van der Waals surface area (Å²) in [5, 5.41) is 0. The molecule has 0 spiro atoms. The van der Waals surface area contributed by atoms with Gasteiger partial charge in [0.15, 0.2) is 0 Å². The first-order chi connectivity index (χ1) is 13.3. The molecule has 0 saturated heterocycles. The topological polar surface area (TPSA) is 147 Å². The third kappa shape index (κ3) is 14.0. The third-order valence-electron chi connectivity index (χ3n) is 3.65. The van der Waals surface area contributed by atoms with Crippen LogP contribution in [0.2, 0.25) is 0 Å². The highest BCUT2D eigenvalue weighted by atomic mass is 32.2. The van der Waals surface area contributed by atoms with Crippen molar-refractivity contribution in [3.05, 3.63) is 42.5 Å². The van der Waals surface area contributed by atoms with E-state index in [2.05, 4.69) is 30.0 Å². The van der Waals surface area contributed by atoms with Gasteiger partial charge in [0.2, 0.25) is 10.0 Å². The van der Waals surface area contributed by atoms with Crippen LogP contribution in [0.25, 0.3) is 0 Å². The van der Waals surface area contributed by atoms with Crippen LogP contribution in [0.5, 0.6) is 0 Å². The van der Waals surface area contributed by atoms with E-state index in [1.165, 1.54) is 0 Å². The number of anilines is 1. The van der Waals surface area contributed by atoms with E-state index < -0.39 is 17.8 Å². The molecule has 0 radical (unpaired) electrons. The Bertz CT molecular complexity index is 781. The van der Waals surface area contributed by atoms with Gasteiger partial charge >= 0.3 is 7.82 Å². The summed E-state index contributed by atoms with van der Waals surface area (Å²) in [5.41, 5.74) is 0.961. The van der Waals surface area contributed by atoms with Crippen LogP contribution in [0.1, 0.15) is 24.2 Å². The van der Waals surface area contributed by atoms with E-state index in [0.717, 1.165) is 25.9 Å². The van der Waals surface area contributed by atoms with Crippen molar-refractivity contribution < 1.29 is 32.5 Å². The van der Waals surface area contributed by atoms with Gasteiger partial charge in [-0.1, -0.05) is 19.9 Å². The molecule has 0 aliphatic rings. The number of hydrogen-bond donors (Lipinski definition) is 4. The Morgan fingerprint density at radius 3 is 2.00 bits per heavy atom. The molecule has 12 heteroatoms. The van der Waals surface area contributed by atoms with E-state index in [1.807, 2.05) is 0 Å². The number of carbonyl (C=O) groups excluding carboxylic acids is 1. The zero-order valence-electron chi connectivity index (χ0n) is 16.9. The van der Waals surface area contributed by atoms with Gasteiger partial charge in [-0.15, -0.1) is 6.58 Å². The molecule has 4 N–H and O–H groups in total. The van der Waals surface area contributed by atoms with Crippen LogP contribution in [0.4, 0.5) is 5.69 Å².